The average Bonchev–Trinajstić information content (AvgIpc) is 2.82. The summed E-state index contributed by atoms with van der Waals surface area (Å²) in [5, 5.41) is 9.18. The molecule has 4 aromatic rings. The number of aromatic nitrogens is 4. The van der Waals surface area contributed by atoms with E-state index >= 15 is 0 Å². The van der Waals surface area contributed by atoms with E-state index < -0.39 is 21.6 Å². The maximum absolute atomic E-state index is 13.5. The first-order valence-corrected chi connectivity index (χ1v) is 12.0. The Kier molecular flexibility index (Phi) is 6.47. The fourth-order valence-electron chi connectivity index (χ4n) is 3.49. The number of nitrogen functional groups attached to an aromatic ring is 1. The molecule has 0 saturated heterocycles. The lowest BCUT2D eigenvalue weighted by Crippen LogP contribution is -2.32. The Labute approximate surface area is 200 Å². The number of anilines is 2. The minimum Gasteiger partial charge on any atom is -0.478 e. The fourth-order valence-corrected chi connectivity index (χ4v) is 4.99. The van der Waals surface area contributed by atoms with Crippen LogP contribution in [0.25, 0.3) is 11.2 Å². The van der Waals surface area contributed by atoms with E-state index in [0.29, 0.717) is 24.2 Å². The number of carboxylic acid groups (broad SMARTS) is 1. The van der Waals surface area contributed by atoms with Crippen LogP contribution in [0.15, 0.2) is 64.4 Å². The van der Waals surface area contributed by atoms with Crippen LogP contribution < -0.4 is 15.6 Å². The largest absolute Gasteiger partial charge is 0.478 e. The maximum atomic E-state index is 13.5. The van der Waals surface area contributed by atoms with Gasteiger partial charge in [0.15, 0.2) is 11.2 Å². The minimum absolute atomic E-state index is 0.0464. The normalized spacial score (nSPS) is 11.5. The van der Waals surface area contributed by atoms with Gasteiger partial charge in [0.25, 0.3) is 15.6 Å². The third-order valence-electron chi connectivity index (χ3n) is 5.29. The molecule has 0 fully saturated rings. The van der Waals surface area contributed by atoms with Gasteiger partial charge in [0, 0.05) is 6.54 Å². The Balaban J connectivity index is 1.61. The predicted molar refractivity (Wildman–Crippen MR) is 130 cm³/mol. The number of H-pyrrole nitrogens is 1. The summed E-state index contributed by atoms with van der Waals surface area (Å²) < 4.78 is 28.2. The van der Waals surface area contributed by atoms with Crippen molar-refractivity contribution in [1.29, 1.82) is 0 Å². The van der Waals surface area contributed by atoms with Gasteiger partial charge in [-0.05, 0) is 56.2 Å². The van der Waals surface area contributed by atoms with E-state index in [1.165, 1.54) is 46.9 Å². The van der Waals surface area contributed by atoms with Crippen molar-refractivity contribution in [3.05, 3.63) is 81.9 Å². The third-order valence-corrected chi connectivity index (χ3v) is 7.13. The first-order chi connectivity index (χ1) is 16.6. The Morgan fingerprint density at radius 1 is 1.09 bits per heavy atom. The molecule has 0 amide bonds. The zero-order valence-corrected chi connectivity index (χ0v) is 19.5. The van der Waals surface area contributed by atoms with Gasteiger partial charge in [-0.25, -0.2) is 23.2 Å². The number of benzene rings is 2. The second kappa shape index (κ2) is 9.50. The van der Waals surface area contributed by atoms with Crippen molar-refractivity contribution >= 4 is 38.8 Å². The summed E-state index contributed by atoms with van der Waals surface area (Å²) in [6.07, 6.45) is 2.15. The molecule has 0 atom stereocenters. The highest BCUT2D eigenvalue weighted by Gasteiger charge is 2.25. The Hall–Kier alpha value is -4.32. The first-order valence-electron chi connectivity index (χ1n) is 10.6. The fraction of sp³-hybridized carbons (Fsp3) is 0.174. The monoisotopic (exact) mass is 494 g/mol. The van der Waals surface area contributed by atoms with E-state index in [9.17, 15) is 23.1 Å². The number of hydrogen-bond donors (Lipinski definition) is 3. The van der Waals surface area contributed by atoms with Crippen molar-refractivity contribution < 1.29 is 18.3 Å². The lowest BCUT2D eigenvalue weighted by Gasteiger charge is -2.25. The zero-order valence-electron chi connectivity index (χ0n) is 18.7. The Bertz CT molecular complexity index is 1550. The number of nitrogens with one attached hydrogen (secondary N) is 1. The van der Waals surface area contributed by atoms with Gasteiger partial charge in [-0.2, -0.15) is 4.98 Å². The van der Waals surface area contributed by atoms with Crippen LogP contribution >= 0.6 is 0 Å². The van der Waals surface area contributed by atoms with Crippen LogP contribution in [0.5, 0.6) is 0 Å². The van der Waals surface area contributed by atoms with Gasteiger partial charge < -0.3 is 10.8 Å². The van der Waals surface area contributed by atoms with Gasteiger partial charge in [0.2, 0.25) is 5.95 Å². The molecule has 2 aromatic carbocycles. The molecule has 0 aliphatic carbocycles. The van der Waals surface area contributed by atoms with Crippen LogP contribution in [0.1, 0.15) is 28.0 Å². The topological polar surface area (TPSA) is 172 Å². The van der Waals surface area contributed by atoms with Gasteiger partial charge in [0.05, 0.1) is 28.0 Å². The van der Waals surface area contributed by atoms with Gasteiger partial charge in [-0.15, -0.1) is 0 Å². The van der Waals surface area contributed by atoms with Gasteiger partial charge >= 0.3 is 5.97 Å². The number of nitrogens with two attached hydrogens (primary N) is 1. The molecule has 0 saturated carbocycles. The van der Waals surface area contributed by atoms with Crippen LogP contribution in [0.3, 0.4) is 0 Å². The van der Waals surface area contributed by atoms with Crippen molar-refractivity contribution in [2.75, 3.05) is 16.6 Å². The van der Waals surface area contributed by atoms with E-state index in [1.54, 1.807) is 12.1 Å². The van der Waals surface area contributed by atoms with Crippen molar-refractivity contribution in [3.8, 4) is 0 Å². The molecule has 4 N–H and O–H groups in total. The third kappa shape index (κ3) is 5.11. The van der Waals surface area contributed by atoms with Crippen LogP contribution in [-0.2, 0) is 16.4 Å². The first kappa shape index (κ1) is 23.8. The molecular formula is C23H22N6O5S. The molecule has 180 valence electrons. The van der Waals surface area contributed by atoms with Gasteiger partial charge in [-0.1, -0.05) is 17.7 Å². The molecule has 0 aliphatic heterocycles. The molecule has 0 bridgehead atoms. The predicted octanol–water partition coefficient (Wildman–Crippen LogP) is 2.13. The molecule has 0 aliphatic rings. The number of hydrogen-bond acceptors (Lipinski definition) is 8. The number of carboxylic acids is 1. The number of sulfonamides is 1. The molecule has 0 radical (unpaired) electrons. The quantitative estimate of drug-likeness (QED) is 0.332. The number of carbonyl (C=O) groups is 1. The number of aromatic carboxylic acids is 1. The van der Waals surface area contributed by atoms with Crippen LogP contribution in [0.2, 0.25) is 0 Å². The molecule has 0 unspecified atom stereocenters. The summed E-state index contributed by atoms with van der Waals surface area (Å²) >= 11 is 0. The summed E-state index contributed by atoms with van der Waals surface area (Å²) in [6, 6.07) is 12.1. The molecule has 12 heteroatoms. The Morgan fingerprint density at radius 2 is 1.77 bits per heavy atom. The summed E-state index contributed by atoms with van der Waals surface area (Å²) in [4.78, 5) is 38.2. The second-order valence-corrected chi connectivity index (χ2v) is 9.69. The van der Waals surface area contributed by atoms with Crippen molar-refractivity contribution in [3.63, 3.8) is 0 Å². The SMILES string of the molecule is Cc1ccc(S(=O)(=O)N(CCCc2cnc3nc(N)[nH]c(=O)c3n2)c2ccc(C(=O)O)cc2)cc1. The number of rotatable bonds is 8. The van der Waals surface area contributed by atoms with E-state index in [-0.39, 0.29) is 34.1 Å². The van der Waals surface area contributed by atoms with Gasteiger partial charge in [0.1, 0.15) is 0 Å². The molecule has 0 spiro atoms. The van der Waals surface area contributed by atoms with E-state index in [1.807, 2.05) is 6.92 Å². The number of aryl methyl sites for hydroxylation is 2. The summed E-state index contributed by atoms with van der Waals surface area (Å²) in [5.74, 6) is -1.17. The molecule has 2 aromatic heterocycles. The summed E-state index contributed by atoms with van der Waals surface area (Å²) in [5.41, 5.74) is 6.97. The minimum atomic E-state index is -3.93. The highest BCUT2D eigenvalue weighted by atomic mass is 32.2. The summed E-state index contributed by atoms with van der Waals surface area (Å²) in [7, 11) is -3.93. The van der Waals surface area contributed by atoms with Crippen molar-refractivity contribution in [1.82, 2.24) is 19.9 Å². The molecular weight excluding hydrogens is 472 g/mol. The van der Waals surface area contributed by atoms with Crippen LogP contribution in [0.4, 0.5) is 11.6 Å². The highest BCUT2D eigenvalue weighted by Crippen LogP contribution is 2.25. The van der Waals surface area contributed by atoms with Crippen LogP contribution in [-0.4, -0.2) is 46.0 Å². The van der Waals surface area contributed by atoms with E-state index in [2.05, 4.69) is 19.9 Å². The number of aromatic amines is 1. The zero-order chi connectivity index (χ0) is 25.2. The van der Waals surface area contributed by atoms with E-state index in [0.717, 1.165) is 5.56 Å². The summed E-state index contributed by atoms with van der Waals surface area (Å²) in [6.45, 7) is 1.94. The standard InChI is InChI=1S/C23H22N6O5S/c1-14-4-10-18(11-5-14)35(33,34)29(17-8-6-15(7-9-17)22(31)32)12-2-3-16-13-25-20-19(26-16)21(30)28-23(24)27-20/h4-11,13H,2-3,12H2,1H3,(H,31,32)(H3,24,25,27,28,30). The van der Waals surface area contributed by atoms with Crippen molar-refractivity contribution in [2.45, 2.75) is 24.7 Å². The number of nitrogens with zero attached hydrogens (tertiary/aromatic N) is 4. The average molecular weight is 495 g/mol. The molecule has 11 nitrogen and oxygen atoms in total. The maximum Gasteiger partial charge on any atom is 0.335 e. The molecule has 35 heavy (non-hydrogen) atoms. The van der Waals surface area contributed by atoms with Crippen molar-refractivity contribution in [2.24, 2.45) is 0 Å². The lowest BCUT2D eigenvalue weighted by atomic mass is 10.2. The Morgan fingerprint density at radius 3 is 2.43 bits per heavy atom. The van der Waals surface area contributed by atoms with E-state index in [4.69, 9.17) is 5.73 Å². The lowest BCUT2D eigenvalue weighted by molar-refractivity contribution is 0.0697. The molecule has 2 heterocycles. The number of fused-ring (bicyclic) bond motifs is 1. The second-order valence-electron chi connectivity index (χ2n) is 7.83. The smallest absolute Gasteiger partial charge is 0.335 e. The highest BCUT2D eigenvalue weighted by molar-refractivity contribution is 7.92. The van der Waals surface area contributed by atoms with Crippen LogP contribution in [0, 0.1) is 6.92 Å². The molecule has 4 rings (SSSR count). The van der Waals surface area contributed by atoms with Gasteiger partial charge in [-0.3, -0.25) is 14.1 Å².